The van der Waals surface area contributed by atoms with Crippen LogP contribution < -0.4 is 0 Å². The second-order valence-electron chi connectivity index (χ2n) is 7.60. The summed E-state index contributed by atoms with van der Waals surface area (Å²) in [6.07, 6.45) is 11.7. The number of rotatable bonds is 1. The van der Waals surface area contributed by atoms with E-state index >= 15 is 0 Å². The van der Waals surface area contributed by atoms with Crippen molar-refractivity contribution in [2.75, 3.05) is 0 Å². The monoisotopic (exact) mass is 304 g/mol. The van der Waals surface area contributed by atoms with Gasteiger partial charge in [0.2, 0.25) is 0 Å². The molecule has 0 aromatic carbocycles. The Hall–Kier alpha value is -0.860. The lowest BCUT2D eigenvalue weighted by Crippen LogP contribution is -2.24. The van der Waals surface area contributed by atoms with Gasteiger partial charge < -0.3 is 9.84 Å². The second-order valence-corrected chi connectivity index (χ2v) is 7.60. The van der Waals surface area contributed by atoms with E-state index in [1.54, 1.807) is 0 Å². The van der Waals surface area contributed by atoms with Gasteiger partial charge in [0.25, 0.3) is 0 Å². The van der Waals surface area contributed by atoms with E-state index in [2.05, 4.69) is 52.8 Å². The molecule has 1 fully saturated rings. The first-order chi connectivity index (χ1) is 10.3. The van der Waals surface area contributed by atoms with Gasteiger partial charge in [-0.3, -0.25) is 0 Å². The number of fused-ring (bicyclic) bond motifs is 1. The number of hydrogen-bond acceptors (Lipinski definition) is 2. The highest BCUT2D eigenvalue weighted by Crippen LogP contribution is 2.44. The average molecular weight is 304 g/mol. The summed E-state index contributed by atoms with van der Waals surface area (Å²) in [6.45, 7) is 10.8. The van der Waals surface area contributed by atoms with E-state index < -0.39 is 6.10 Å². The van der Waals surface area contributed by atoms with Crippen molar-refractivity contribution in [1.29, 1.82) is 0 Å². The highest BCUT2D eigenvalue weighted by molar-refractivity contribution is 5.23. The molecule has 2 rings (SSSR count). The molecule has 2 heteroatoms. The summed E-state index contributed by atoms with van der Waals surface area (Å²) < 4.78 is 5.92. The van der Waals surface area contributed by atoms with Crippen LogP contribution >= 0.6 is 0 Å². The summed E-state index contributed by atoms with van der Waals surface area (Å²) in [5.74, 6) is 0.356. The van der Waals surface area contributed by atoms with Crippen LogP contribution in [0, 0.1) is 5.92 Å². The van der Waals surface area contributed by atoms with Gasteiger partial charge in [0.15, 0.2) is 0 Å². The fourth-order valence-corrected chi connectivity index (χ4v) is 3.35. The molecule has 0 spiro atoms. The van der Waals surface area contributed by atoms with Crippen molar-refractivity contribution >= 4 is 0 Å². The van der Waals surface area contributed by atoms with E-state index in [1.165, 1.54) is 11.1 Å². The van der Waals surface area contributed by atoms with Crippen LogP contribution in [0.1, 0.15) is 66.7 Å². The van der Waals surface area contributed by atoms with Crippen LogP contribution in [0.4, 0.5) is 0 Å². The van der Waals surface area contributed by atoms with Gasteiger partial charge in [-0.05, 0) is 57.9 Å². The molecular formula is C20H32O2. The Kier molecular flexibility index (Phi) is 5.68. The molecule has 0 bridgehead atoms. The van der Waals surface area contributed by atoms with E-state index in [0.717, 1.165) is 31.3 Å². The smallest absolute Gasteiger partial charge is 0.0948 e. The van der Waals surface area contributed by atoms with Crippen LogP contribution in [0.5, 0.6) is 0 Å². The molecule has 0 amide bonds. The molecule has 0 aromatic rings. The van der Waals surface area contributed by atoms with Gasteiger partial charge in [-0.2, -0.15) is 0 Å². The lowest BCUT2D eigenvalue weighted by Gasteiger charge is -2.20. The lowest BCUT2D eigenvalue weighted by molar-refractivity contribution is 0.151. The molecule has 0 aromatic heterocycles. The Labute approximate surface area is 136 Å². The molecule has 0 radical (unpaired) electrons. The summed E-state index contributed by atoms with van der Waals surface area (Å²) >= 11 is 0. The van der Waals surface area contributed by atoms with E-state index in [-0.39, 0.29) is 5.60 Å². The zero-order valence-corrected chi connectivity index (χ0v) is 14.9. The number of hydrogen-bond donors (Lipinski definition) is 1. The Morgan fingerprint density at radius 3 is 2.59 bits per heavy atom. The maximum Gasteiger partial charge on any atom is 0.0948 e. The molecule has 2 nitrogen and oxygen atoms in total. The number of ether oxygens (including phenoxy) is 1. The highest BCUT2D eigenvalue weighted by Gasteiger charge is 2.52. The molecule has 1 saturated heterocycles. The van der Waals surface area contributed by atoms with Crippen LogP contribution in [0.15, 0.2) is 34.9 Å². The van der Waals surface area contributed by atoms with Gasteiger partial charge in [0.05, 0.1) is 17.8 Å². The Morgan fingerprint density at radius 1 is 1.18 bits per heavy atom. The normalized spacial score (nSPS) is 41.3. The number of epoxide rings is 1. The van der Waals surface area contributed by atoms with E-state index in [0.29, 0.717) is 18.4 Å². The van der Waals surface area contributed by atoms with Crippen LogP contribution in [0.2, 0.25) is 0 Å². The fourth-order valence-electron chi connectivity index (χ4n) is 3.35. The van der Waals surface area contributed by atoms with Crippen molar-refractivity contribution in [2.24, 2.45) is 5.92 Å². The van der Waals surface area contributed by atoms with Gasteiger partial charge in [0, 0.05) is 6.42 Å². The molecular weight excluding hydrogens is 272 g/mol. The van der Waals surface area contributed by atoms with Crippen LogP contribution in [-0.2, 0) is 4.74 Å². The third-order valence-electron chi connectivity index (χ3n) is 5.08. The molecule has 124 valence electrons. The molecule has 0 unspecified atom stereocenters. The maximum atomic E-state index is 10.7. The molecule has 1 aliphatic heterocycles. The van der Waals surface area contributed by atoms with Crippen molar-refractivity contribution in [3.63, 3.8) is 0 Å². The fraction of sp³-hybridized carbons (Fsp3) is 0.700. The molecule has 22 heavy (non-hydrogen) atoms. The van der Waals surface area contributed by atoms with Crippen molar-refractivity contribution < 1.29 is 9.84 Å². The lowest BCUT2D eigenvalue weighted by atomic mass is 9.88. The summed E-state index contributed by atoms with van der Waals surface area (Å²) in [7, 11) is 0. The zero-order valence-electron chi connectivity index (χ0n) is 14.9. The first kappa shape index (κ1) is 17.5. The van der Waals surface area contributed by atoms with Gasteiger partial charge in [-0.15, -0.1) is 0 Å². The Bertz CT molecular complexity index is 484. The second kappa shape index (κ2) is 7.14. The van der Waals surface area contributed by atoms with E-state index in [1.807, 2.05) is 0 Å². The minimum atomic E-state index is -0.404. The van der Waals surface area contributed by atoms with Crippen molar-refractivity contribution in [1.82, 2.24) is 0 Å². The minimum absolute atomic E-state index is 0.142. The van der Waals surface area contributed by atoms with E-state index in [4.69, 9.17) is 4.74 Å². The summed E-state index contributed by atoms with van der Waals surface area (Å²) in [4.78, 5) is 0. The number of allylic oxidation sites excluding steroid dienone is 5. The molecule has 2 aliphatic rings. The SMILES string of the molecule is C/C1=C\C=C(\C(C)C)[C@@H](O)C[C@]2(C)O[C@H]2CC/C(C)=C/CC1. The summed E-state index contributed by atoms with van der Waals surface area (Å²) in [5.41, 5.74) is 3.81. The standard InChI is InChI=1S/C20H32O2/c1-14(2)17-11-9-15(3)7-6-8-16(4)10-12-19-20(5,22-19)13-18(17)21/h8-9,11,14,18-19,21H,6-7,10,12-13H2,1-5H3/b15-9+,16-8+,17-11-/t18-,19-,20-/m0/s1. The molecule has 0 saturated carbocycles. The third kappa shape index (κ3) is 4.57. The van der Waals surface area contributed by atoms with Crippen LogP contribution in [0.3, 0.4) is 0 Å². The largest absolute Gasteiger partial charge is 0.389 e. The average Bonchev–Trinajstić information content (AvgIpc) is 3.05. The zero-order chi connectivity index (χ0) is 16.3. The predicted octanol–water partition coefficient (Wildman–Crippen LogP) is 4.94. The first-order valence-electron chi connectivity index (χ1n) is 8.70. The third-order valence-corrected chi connectivity index (χ3v) is 5.08. The maximum absolute atomic E-state index is 10.7. The quantitative estimate of drug-likeness (QED) is 0.549. The first-order valence-corrected chi connectivity index (χ1v) is 8.70. The molecule has 1 aliphatic carbocycles. The van der Waals surface area contributed by atoms with Crippen LogP contribution in [-0.4, -0.2) is 22.9 Å². The van der Waals surface area contributed by atoms with Crippen molar-refractivity contribution in [2.45, 2.75) is 84.5 Å². The molecule has 1 heterocycles. The Balaban J connectivity index is 2.21. The van der Waals surface area contributed by atoms with Gasteiger partial charge >= 0.3 is 0 Å². The van der Waals surface area contributed by atoms with E-state index in [9.17, 15) is 5.11 Å². The van der Waals surface area contributed by atoms with Gasteiger partial charge in [0.1, 0.15) is 0 Å². The van der Waals surface area contributed by atoms with Crippen LogP contribution in [0.25, 0.3) is 0 Å². The van der Waals surface area contributed by atoms with Gasteiger partial charge in [-0.1, -0.05) is 43.2 Å². The molecule has 1 N–H and O–H groups in total. The van der Waals surface area contributed by atoms with Crippen molar-refractivity contribution in [3.8, 4) is 0 Å². The summed E-state index contributed by atoms with van der Waals surface area (Å²) in [5, 5.41) is 10.7. The highest BCUT2D eigenvalue weighted by atomic mass is 16.6. The Morgan fingerprint density at radius 2 is 1.91 bits per heavy atom. The topological polar surface area (TPSA) is 32.8 Å². The summed E-state index contributed by atoms with van der Waals surface area (Å²) in [6, 6.07) is 0. The van der Waals surface area contributed by atoms with Gasteiger partial charge in [-0.25, -0.2) is 0 Å². The minimum Gasteiger partial charge on any atom is -0.389 e. The molecule has 3 atom stereocenters. The number of aliphatic hydroxyl groups excluding tert-OH is 1. The number of aliphatic hydroxyl groups is 1. The van der Waals surface area contributed by atoms with Crippen molar-refractivity contribution in [3.05, 3.63) is 34.9 Å². The predicted molar refractivity (Wildman–Crippen MR) is 92.8 cm³/mol.